The zero-order chi connectivity index (χ0) is 28.8. The summed E-state index contributed by atoms with van der Waals surface area (Å²) in [6, 6.07) is 52.1. The summed E-state index contributed by atoms with van der Waals surface area (Å²) in [6.07, 6.45) is 1.81. The van der Waals surface area contributed by atoms with Gasteiger partial charge in [-0.3, -0.25) is 4.98 Å². The van der Waals surface area contributed by atoms with Crippen LogP contribution in [0.2, 0.25) is 0 Å². The topological polar surface area (TPSA) is 25.8 Å². The number of fused-ring (bicyclic) bond motifs is 3. The van der Waals surface area contributed by atoms with E-state index in [9.17, 15) is 0 Å². The number of benzene rings is 6. The smallest absolute Gasteiger partial charge is 0.0893 e. The normalized spacial score (nSPS) is 11.4. The van der Waals surface area contributed by atoms with Crippen LogP contribution in [-0.4, -0.2) is 9.97 Å². The molecule has 0 saturated heterocycles. The molecule has 2 nitrogen and oxygen atoms in total. The number of pyridine rings is 2. The molecular formula is C41H28N2. The monoisotopic (exact) mass is 548 g/mol. The second-order valence-corrected chi connectivity index (χ2v) is 11.1. The summed E-state index contributed by atoms with van der Waals surface area (Å²) in [5.41, 5.74) is 10.1. The summed E-state index contributed by atoms with van der Waals surface area (Å²) < 4.78 is 0. The van der Waals surface area contributed by atoms with Crippen molar-refractivity contribution in [1.29, 1.82) is 0 Å². The fourth-order valence-electron chi connectivity index (χ4n) is 6.28. The quantitative estimate of drug-likeness (QED) is 0.204. The molecule has 202 valence electrons. The Morgan fingerprint density at radius 2 is 0.907 bits per heavy atom. The van der Waals surface area contributed by atoms with E-state index >= 15 is 0 Å². The van der Waals surface area contributed by atoms with Crippen molar-refractivity contribution in [2.45, 2.75) is 6.92 Å². The molecule has 8 aromatic rings. The van der Waals surface area contributed by atoms with Gasteiger partial charge in [0.2, 0.25) is 0 Å². The van der Waals surface area contributed by atoms with Gasteiger partial charge in [0.05, 0.1) is 17.1 Å². The number of hydrogen-bond donors (Lipinski definition) is 0. The van der Waals surface area contributed by atoms with Gasteiger partial charge in [-0.2, -0.15) is 0 Å². The third kappa shape index (κ3) is 4.45. The van der Waals surface area contributed by atoms with Crippen molar-refractivity contribution in [2.24, 2.45) is 0 Å². The highest BCUT2D eigenvalue weighted by Gasteiger charge is 2.16. The summed E-state index contributed by atoms with van der Waals surface area (Å²) in [6.45, 7) is 2.14. The highest BCUT2D eigenvalue weighted by atomic mass is 14.8. The minimum Gasteiger partial charge on any atom is -0.255 e. The van der Waals surface area contributed by atoms with Crippen LogP contribution in [0.25, 0.3) is 77.2 Å². The molecule has 8 rings (SSSR count). The molecule has 6 aromatic carbocycles. The van der Waals surface area contributed by atoms with Crippen LogP contribution in [0.3, 0.4) is 0 Å². The van der Waals surface area contributed by atoms with Gasteiger partial charge < -0.3 is 0 Å². The van der Waals surface area contributed by atoms with Gasteiger partial charge in [0.25, 0.3) is 0 Å². The molecule has 0 bridgehead atoms. The second-order valence-electron chi connectivity index (χ2n) is 11.1. The molecule has 0 fully saturated rings. The average Bonchev–Trinajstić information content (AvgIpc) is 3.07. The first-order valence-electron chi connectivity index (χ1n) is 14.7. The van der Waals surface area contributed by atoms with E-state index in [1.54, 1.807) is 6.20 Å². The number of nitrogens with zero attached hydrogens (tertiary/aromatic N) is 2. The first kappa shape index (κ1) is 25.1. The Morgan fingerprint density at radius 3 is 1.53 bits per heavy atom. The Balaban J connectivity index is 1.28. The largest absolute Gasteiger partial charge is 0.255 e. The molecule has 0 aliphatic carbocycles. The zero-order valence-corrected chi connectivity index (χ0v) is 23.8. The second kappa shape index (κ2) is 10.3. The van der Waals surface area contributed by atoms with E-state index in [2.05, 4.69) is 133 Å². The summed E-state index contributed by atoms with van der Waals surface area (Å²) in [5, 5.41) is 7.48. The molecule has 0 saturated carbocycles. The van der Waals surface area contributed by atoms with Gasteiger partial charge in [0.1, 0.15) is 0 Å². The fourth-order valence-corrected chi connectivity index (χ4v) is 6.28. The molecule has 2 aromatic heterocycles. The first-order chi connectivity index (χ1) is 21.2. The van der Waals surface area contributed by atoms with Crippen LogP contribution >= 0.6 is 0 Å². The maximum atomic E-state index is 4.93. The molecule has 2 heteroatoms. The highest BCUT2D eigenvalue weighted by molar-refractivity contribution is 6.21. The molecule has 2 heterocycles. The van der Waals surface area contributed by atoms with Gasteiger partial charge in [-0.25, -0.2) is 4.98 Å². The van der Waals surface area contributed by atoms with Gasteiger partial charge >= 0.3 is 0 Å². The third-order valence-electron chi connectivity index (χ3n) is 8.37. The number of rotatable bonds is 4. The zero-order valence-electron chi connectivity index (χ0n) is 23.8. The van der Waals surface area contributed by atoms with Gasteiger partial charge in [-0.05, 0) is 97.9 Å². The molecule has 0 atom stereocenters. The summed E-state index contributed by atoms with van der Waals surface area (Å²) in [7, 11) is 0. The van der Waals surface area contributed by atoms with Crippen LogP contribution in [0.4, 0.5) is 0 Å². The lowest BCUT2D eigenvalue weighted by Gasteiger charge is -2.18. The maximum absolute atomic E-state index is 4.93. The Hall–Kier alpha value is -5.60. The van der Waals surface area contributed by atoms with E-state index in [1.807, 2.05) is 24.3 Å². The van der Waals surface area contributed by atoms with Crippen molar-refractivity contribution in [3.8, 4) is 44.9 Å². The van der Waals surface area contributed by atoms with Crippen LogP contribution in [0.5, 0.6) is 0 Å². The minimum absolute atomic E-state index is 0.876. The van der Waals surface area contributed by atoms with Crippen molar-refractivity contribution < 1.29 is 0 Å². The predicted molar refractivity (Wildman–Crippen MR) is 181 cm³/mol. The Kier molecular flexibility index (Phi) is 6.05. The lowest BCUT2D eigenvalue weighted by molar-refractivity contribution is 1.25. The lowest BCUT2D eigenvalue weighted by Crippen LogP contribution is -1.91. The Bertz CT molecular complexity index is 2230. The SMILES string of the molecule is Cc1ccc(-c2c3ccccc3c(-c3ccc4cc(-c5cccc(-c6ccccn6)n5)ccc4c3)c3ccccc23)cc1. The lowest BCUT2D eigenvalue weighted by atomic mass is 9.85. The first-order valence-corrected chi connectivity index (χ1v) is 14.7. The molecule has 0 aliphatic rings. The van der Waals surface area contributed by atoms with Crippen molar-refractivity contribution in [3.63, 3.8) is 0 Å². The van der Waals surface area contributed by atoms with Gasteiger partial charge in [0.15, 0.2) is 0 Å². The highest BCUT2D eigenvalue weighted by Crippen LogP contribution is 2.44. The van der Waals surface area contributed by atoms with Crippen LogP contribution in [0.1, 0.15) is 5.56 Å². The van der Waals surface area contributed by atoms with E-state index in [0.29, 0.717) is 0 Å². The Labute approximate surface area is 251 Å². The number of aryl methyl sites for hydroxylation is 1. The van der Waals surface area contributed by atoms with Crippen molar-refractivity contribution in [1.82, 2.24) is 9.97 Å². The van der Waals surface area contributed by atoms with Gasteiger partial charge in [0, 0.05) is 11.8 Å². The van der Waals surface area contributed by atoms with E-state index in [1.165, 1.54) is 60.1 Å². The molecular weight excluding hydrogens is 520 g/mol. The molecule has 0 spiro atoms. The number of hydrogen-bond acceptors (Lipinski definition) is 2. The maximum Gasteiger partial charge on any atom is 0.0893 e. The van der Waals surface area contributed by atoms with Gasteiger partial charge in [-0.1, -0.05) is 115 Å². The minimum atomic E-state index is 0.876. The van der Waals surface area contributed by atoms with Crippen LogP contribution in [-0.2, 0) is 0 Å². The molecule has 43 heavy (non-hydrogen) atoms. The molecule has 0 aliphatic heterocycles. The molecule has 0 unspecified atom stereocenters. The van der Waals surface area contributed by atoms with Gasteiger partial charge in [-0.15, -0.1) is 0 Å². The van der Waals surface area contributed by atoms with Crippen molar-refractivity contribution in [3.05, 3.63) is 157 Å². The average molecular weight is 549 g/mol. The summed E-state index contributed by atoms with van der Waals surface area (Å²) in [4.78, 5) is 9.41. The molecule has 0 N–H and O–H groups in total. The number of aromatic nitrogens is 2. The standard InChI is InChI=1S/C41H28N2/c1-27-16-18-28(19-17-27)40-33-9-2-4-11-35(33)41(36-12-5-3-10-34(36)40)32-23-21-29-25-31(22-20-30(29)26-32)37-14-8-15-39(43-37)38-13-6-7-24-42-38/h2-26H,1H3. The fraction of sp³-hybridized carbons (Fsp3) is 0.0244. The van der Waals surface area contributed by atoms with E-state index < -0.39 is 0 Å². The van der Waals surface area contributed by atoms with Crippen LogP contribution in [0, 0.1) is 6.92 Å². The van der Waals surface area contributed by atoms with Crippen LogP contribution in [0.15, 0.2) is 152 Å². The van der Waals surface area contributed by atoms with E-state index in [4.69, 9.17) is 4.98 Å². The van der Waals surface area contributed by atoms with Crippen LogP contribution < -0.4 is 0 Å². The predicted octanol–water partition coefficient (Wildman–Crippen LogP) is 10.9. The Morgan fingerprint density at radius 1 is 0.395 bits per heavy atom. The third-order valence-corrected chi connectivity index (χ3v) is 8.37. The van der Waals surface area contributed by atoms with Crippen molar-refractivity contribution in [2.75, 3.05) is 0 Å². The van der Waals surface area contributed by atoms with E-state index in [-0.39, 0.29) is 0 Å². The molecule has 0 amide bonds. The summed E-state index contributed by atoms with van der Waals surface area (Å²) in [5.74, 6) is 0. The van der Waals surface area contributed by atoms with Crippen molar-refractivity contribution >= 4 is 32.3 Å². The molecule has 0 radical (unpaired) electrons. The summed E-state index contributed by atoms with van der Waals surface area (Å²) >= 11 is 0. The van der Waals surface area contributed by atoms with E-state index in [0.717, 1.165) is 22.6 Å².